The molecule has 1 unspecified atom stereocenters. The molecule has 4 aromatic rings. The van der Waals surface area contributed by atoms with Crippen LogP contribution >= 0.6 is 0 Å². The Labute approximate surface area is 376 Å². The largest absolute Gasteiger partial charge is 0.494 e. The summed E-state index contributed by atoms with van der Waals surface area (Å²) in [7, 11) is 0. The Bertz CT molecular complexity index is 2180. The van der Waals surface area contributed by atoms with Gasteiger partial charge in [-0.3, -0.25) is 4.79 Å². The highest BCUT2D eigenvalue weighted by atomic mass is 16.6. The maximum atomic E-state index is 13.7. The molecule has 2 aliphatic carbocycles. The van der Waals surface area contributed by atoms with Crippen LogP contribution in [-0.2, 0) is 29.3 Å². The van der Waals surface area contributed by atoms with Gasteiger partial charge < -0.3 is 44.2 Å². The molecule has 2 amide bonds. The zero-order valence-corrected chi connectivity index (χ0v) is 38.2. The number of ether oxygens (including phenoxy) is 5. The smallest absolute Gasteiger partial charge is 0.410 e. The van der Waals surface area contributed by atoms with E-state index in [1.165, 1.54) is 19.3 Å². The van der Waals surface area contributed by atoms with Crippen molar-refractivity contribution < 1.29 is 42.6 Å². The molecule has 1 aliphatic heterocycles. The van der Waals surface area contributed by atoms with E-state index in [0.717, 1.165) is 48.2 Å². The van der Waals surface area contributed by atoms with E-state index in [2.05, 4.69) is 49.8 Å². The minimum atomic E-state index is -0.702. The van der Waals surface area contributed by atoms with Crippen molar-refractivity contribution in [1.29, 1.82) is 0 Å². The lowest BCUT2D eigenvalue weighted by Crippen LogP contribution is -2.50. The van der Waals surface area contributed by atoms with Crippen LogP contribution in [0.25, 0.3) is 11.4 Å². The van der Waals surface area contributed by atoms with E-state index in [4.69, 9.17) is 28.8 Å². The summed E-state index contributed by atoms with van der Waals surface area (Å²) in [6, 6.07) is 19.8. The van der Waals surface area contributed by atoms with Gasteiger partial charge in [0.05, 0.1) is 32.5 Å². The van der Waals surface area contributed by atoms with Crippen LogP contribution in [0.4, 0.5) is 10.5 Å². The second kappa shape index (κ2) is 21.0. The third kappa shape index (κ3) is 12.6. The van der Waals surface area contributed by atoms with Crippen molar-refractivity contribution in [2.75, 3.05) is 58.0 Å². The molecule has 15 heteroatoms. The van der Waals surface area contributed by atoms with E-state index >= 15 is 0 Å². The van der Waals surface area contributed by atoms with Crippen LogP contribution < -0.4 is 19.9 Å². The van der Waals surface area contributed by atoms with Crippen LogP contribution in [0.5, 0.6) is 5.75 Å². The van der Waals surface area contributed by atoms with Crippen molar-refractivity contribution in [3.05, 3.63) is 90.0 Å². The summed E-state index contributed by atoms with van der Waals surface area (Å²) >= 11 is 0. The number of nitrogens with zero attached hydrogens (tertiary/aromatic N) is 4. The van der Waals surface area contributed by atoms with Crippen molar-refractivity contribution in [3.63, 3.8) is 0 Å². The number of anilines is 1. The fraction of sp³-hybridized carbons (Fsp3) is 0.551. The number of pyridine rings is 1. The van der Waals surface area contributed by atoms with E-state index in [0.29, 0.717) is 87.6 Å². The molecule has 0 radical (unpaired) electrons. The van der Waals surface area contributed by atoms with Crippen molar-refractivity contribution in [2.45, 2.75) is 116 Å². The van der Waals surface area contributed by atoms with Crippen LogP contribution in [0.15, 0.2) is 73.1 Å². The fourth-order valence-corrected chi connectivity index (χ4v) is 8.35. The van der Waals surface area contributed by atoms with Crippen molar-refractivity contribution >= 4 is 23.7 Å². The molecule has 1 saturated heterocycles. The number of carbonyl (C=O) groups is 3. The fourth-order valence-electron chi connectivity index (χ4n) is 8.35. The molecule has 64 heavy (non-hydrogen) atoms. The number of aromatic nitrogens is 4. The molecule has 2 aromatic heterocycles. The summed E-state index contributed by atoms with van der Waals surface area (Å²) < 4.78 is 29.8. The molecule has 3 N–H and O–H groups in total. The first-order valence-corrected chi connectivity index (χ1v) is 23.0. The summed E-state index contributed by atoms with van der Waals surface area (Å²) in [5.74, 6) is 1.55. The molecule has 3 aliphatic rings. The standard InChI is InChI=1S/C49H65N7O8/c1-6-62-42(57)34-61-30-29-60-27-9-7-8-10-28-63-40-16-12-13-37(32-40)35(2)50-44(58)38-14-11-15-39(31-38)52-49(21-25-56(26-22-49)46(59)64-47(3,4)5)45-51-43(53-54-45)36-17-23-55(24-18-36)41-33-48(41)19-20-48/h11-18,23-24,31-32,35,41,52H,6-10,19-22,25-30,33-34H2,1-5H3,(H,50,58)/p+1/t35-,41?/m1/s1. The van der Waals surface area contributed by atoms with Crippen LogP contribution in [0.3, 0.4) is 0 Å². The summed E-state index contributed by atoms with van der Waals surface area (Å²) in [6.07, 6.45) is 12.9. The quantitative estimate of drug-likeness (QED) is 0.0399. The summed E-state index contributed by atoms with van der Waals surface area (Å²) in [4.78, 5) is 43.4. The molecule has 1 spiro atoms. The third-order valence-electron chi connectivity index (χ3n) is 12.3. The normalized spacial score (nSPS) is 17.6. The predicted molar refractivity (Wildman–Crippen MR) is 241 cm³/mol. The summed E-state index contributed by atoms with van der Waals surface area (Å²) in [5.41, 5.74) is 2.41. The first-order chi connectivity index (χ1) is 30.8. The number of likely N-dealkylation sites (tertiary alicyclic amines) is 1. The lowest BCUT2D eigenvalue weighted by molar-refractivity contribution is -0.704. The Morgan fingerprint density at radius 3 is 2.34 bits per heavy atom. The van der Waals surface area contributed by atoms with Gasteiger partial charge in [-0.05, 0) is 115 Å². The molecule has 7 rings (SSSR count). The molecule has 3 heterocycles. The monoisotopic (exact) mass is 880 g/mol. The Kier molecular flexibility index (Phi) is 15.2. The first kappa shape index (κ1) is 46.5. The number of unbranched alkanes of at least 4 members (excludes halogenated alkanes) is 3. The Hall–Kier alpha value is -5.54. The SMILES string of the molecule is CCOC(=O)COCCOCCCCCCOc1cccc([C@@H](C)NC(=O)c2cccc(NC3(c4nnc(-c5cc[n+](C6CC67CC7)cc5)[nH]4)CCN(C(=O)OC(C)(C)C)CC3)c2)c1. The first-order valence-electron chi connectivity index (χ1n) is 23.0. The van der Waals surface area contributed by atoms with Gasteiger partial charge in [-0.1, -0.05) is 24.6 Å². The number of piperidine rings is 1. The van der Waals surface area contributed by atoms with Gasteiger partial charge in [0.2, 0.25) is 0 Å². The number of hydrogen-bond donors (Lipinski definition) is 3. The molecular formula is C49H66N7O8+. The highest BCUT2D eigenvalue weighted by Crippen LogP contribution is 2.71. The Morgan fingerprint density at radius 1 is 0.891 bits per heavy atom. The van der Waals surface area contributed by atoms with Gasteiger partial charge in [0.15, 0.2) is 30.1 Å². The highest BCUT2D eigenvalue weighted by Gasteiger charge is 2.69. The number of benzene rings is 2. The maximum Gasteiger partial charge on any atom is 0.410 e. The zero-order valence-electron chi connectivity index (χ0n) is 38.2. The number of H-pyrrole nitrogens is 1. The molecule has 3 fully saturated rings. The lowest BCUT2D eigenvalue weighted by Gasteiger charge is -2.41. The number of carbonyl (C=O) groups excluding carboxylic acids is 3. The zero-order chi connectivity index (χ0) is 45.2. The van der Waals surface area contributed by atoms with Crippen LogP contribution in [0, 0.1) is 5.41 Å². The summed E-state index contributed by atoms with van der Waals surface area (Å²) in [6.45, 7) is 12.6. The average molecular weight is 881 g/mol. The van der Waals surface area contributed by atoms with Crippen molar-refractivity contribution in [1.82, 2.24) is 25.4 Å². The van der Waals surface area contributed by atoms with E-state index in [1.807, 2.05) is 70.2 Å². The molecule has 0 bridgehead atoms. The minimum absolute atomic E-state index is 0.0488. The minimum Gasteiger partial charge on any atom is -0.494 e. The number of hydrogen-bond acceptors (Lipinski definition) is 11. The van der Waals surface area contributed by atoms with Gasteiger partial charge in [-0.2, -0.15) is 0 Å². The topological polar surface area (TPSA) is 170 Å². The summed E-state index contributed by atoms with van der Waals surface area (Å²) in [5, 5.41) is 16.2. The molecule has 2 aromatic carbocycles. The van der Waals surface area contributed by atoms with Gasteiger partial charge in [0.25, 0.3) is 5.91 Å². The number of aromatic amines is 1. The molecule has 2 saturated carbocycles. The van der Waals surface area contributed by atoms with E-state index in [1.54, 1.807) is 17.9 Å². The van der Waals surface area contributed by atoms with Gasteiger partial charge in [0, 0.05) is 60.5 Å². The Morgan fingerprint density at radius 2 is 1.62 bits per heavy atom. The average Bonchev–Trinajstić information content (AvgIpc) is 4.16. The third-order valence-corrected chi connectivity index (χ3v) is 12.3. The number of nitrogens with one attached hydrogen (secondary N) is 3. The predicted octanol–water partition coefficient (Wildman–Crippen LogP) is 7.85. The van der Waals surface area contributed by atoms with Crippen LogP contribution in [-0.4, -0.2) is 96.4 Å². The van der Waals surface area contributed by atoms with Gasteiger partial charge in [-0.25, -0.2) is 14.2 Å². The van der Waals surface area contributed by atoms with E-state index in [9.17, 15) is 14.4 Å². The molecule has 2 atom stereocenters. The van der Waals surface area contributed by atoms with Crippen LogP contribution in [0.2, 0.25) is 0 Å². The van der Waals surface area contributed by atoms with E-state index in [-0.39, 0.29) is 30.6 Å². The maximum absolute atomic E-state index is 13.7. The van der Waals surface area contributed by atoms with Gasteiger partial charge in [-0.15, -0.1) is 10.2 Å². The number of esters is 1. The van der Waals surface area contributed by atoms with Gasteiger partial charge >= 0.3 is 12.1 Å². The number of rotatable bonds is 22. The second-order valence-electron chi connectivity index (χ2n) is 18.4. The number of amides is 2. The van der Waals surface area contributed by atoms with Gasteiger partial charge in [0.1, 0.15) is 23.5 Å². The van der Waals surface area contributed by atoms with Crippen molar-refractivity contribution in [2.24, 2.45) is 5.41 Å². The highest BCUT2D eigenvalue weighted by molar-refractivity contribution is 5.95. The van der Waals surface area contributed by atoms with E-state index < -0.39 is 11.1 Å². The van der Waals surface area contributed by atoms with Crippen molar-refractivity contribution in [3.8, 4) is 17.1 Å². The lowest BCUT2D eigenvalue weighted by atomic mass is 9.86. The molecule has 344 valence electrons. The Balaban J connectivity index is 0.915. The second-order valence-corrected chi connectivity index (χ2v) is 18.4. The van der Waals surface area contributed by atoms with Crippen LogP contribution in [0.1, 0.15) is 126 Å². The molecule has 15 nitrogen and oxygen atoms in total. The molecular weight excluding hydrogens is 815 g/mol.